The average Bonchev–Trinajstić information content (AvgIpc) is 3.21. The molecule has 29 heavy (non-hydrogen) atoms. The van der Waals surface area contributed by atoms with Crippen LogP contribution >= 0.6 is 12.2 Å². The molecule has 160 valence electrons. The fourth-order valence-electron chi connectivity index (χ4n) is 5.02. The van der Waals surface area contributed by atoms with Crippen LogP contribution in [0.4, 0.5) is 17.6 Å². The largest absolute Gasteiger partial charge is 0.360 e. The third-order valence-corrected chi connectivity index (χ3v) is 6.91. The first-order chi connectivity index (χ1) is 14.1. The molecule has 1 aromatic heterocycles. The predicted molar refractivity (Wildman–Crippen MR) is 125 cm³/mol. The maximum atomic E-state index is 5.58. The second kappa shape index (κ2) is 9.45. The van der Waals surface area contributed by atoms with E-state index in [1.807, 2.05) is 0 Å². The van der Waals surface area contributed by atoms with Crippen LogP contribution in [-0.4, -0.2) is 46.8 Å². The van der Waals surface area contributed by atoms with Gasteiger partial charge in [-0.05, 0) is 70.0 Å². The van der Waals surface area contributed by atoms with Crippen molar-refractivity contribution in [2.24, 2.45) is 5.92 Å². The van der Waals surface area contributed by atoms with Crippen LogP contribution in [0.1, 0.15) is 71.6 Å². The van der Waals surface area contributed by atoms with E-state index in [-0.39, 0.29) is 0 Å². The van der Waals surface area contributed by atoms with E-state index >= 15 is 0 Å². The van der Waals surface area contributed by atoms with Gasteiger partial charge in [0.05, 0.1) is 0 Å². The molecule has 2 unspecified atom stereocenters. The van der Waals surface area contributed by atoms with Gasteiger partial charge in [-0.25, -0.2) is 0 Å². The molecule has 3 fully saturated rings. The predicted octanol–water partition coefficient (Wildman–Crippen LogP) is 4.32. The number of hydrogen-bond donors (Lipinski definition) is 2. The van der Waals surface area contributed by atoms with Gasteiger partial charge in [0.25, 0.3) is 0 Å². The van der Waals surface area contributed by atoms with Gasteiger partial charge >= 0.3 is 0 Å². The maximum absolute atomic E-state index is 5.58. The molecule has 7 heteroatoms. The molecule has 2 aliphatic heterocycles. The number of nitrogens with one attached hydrogen (secondary N) is 2. The summed E-state index contributed by atoms with van der Waals surface area (Å²) in [5, 5.41) is 7.40. The van der Waals surface area contributed by atoms with Gasteiger partial charge in [-0.3, -0.25) is 0 Å². The van der Waals surface area contributed by atoms with Crippen LogP contribution in [-0.2, 0) is 0 Å². The molecule has 4 rings (SSSR count). The molecular weight excluding hydrogens is 380 g/mol. The summed E-state index contributed by atoms with van der Waals surface area (Å²) < 4.78 is 0. The molecule has 3 heterocycles. The van der Waals surface area contributed by atoms with E-state index in [9.17, 15) is 0 Å². The summed E-state index contributed by atoms with van der Waals surface area (Å²) in [6, 6.07) is 3.20. The highest BCUT2D eigenvalue weighted by Crippen LogP contribution is 2.29. The quantitative estimate of drug-likeness (QED) is 0.709. The summed E-state index contributed by atoms with van der Waals surface area (Å²) >= 11 is 5.58. The molecule has 3 aliphatic rings. The highest BCUT2D eigenvalue weighted by atomic mass is 32.1. The maximum Gasteiger partial charge on any atom is 0.232 e. The van der Waals surface area contributed by atoms with E-state index in [1.165, 1.54) is 57.8 Å². The second-order valence-corrected chi connectivity index (χ2v) is 9.63. The lowest BCUT2D eigenvalue weighted by Crippen LogP contribution is -2.40. The highest BCUT2D eigenvalue weighted by Gasteiger charge is 2.24. The summed E-state index contributed by atoms with van der Waals surface area (Å²) in [6.07, 6.45) is 11.3. The molecule has 1 saturated carbocycles. The number of piperidine rings is 2. The molecule has 1 aromatic rings. The van der Waals surface area contributed by atoms with Gasteiger partial charge in [-0.2, -0.15) is 9.97 Å². The number of thiocarbonyl (C=S) groups is 1. The molecule has 0 aromatic carbocycles. The number of nitrogens with zero attached hydrogens (tertiary/aromatic N) is 4. The normalized spacial score (nSPS) is 25.9. The van der Waals surface area contributed by atoms with Crippen LogP contribution in [0.3, 0.4) is 0 Å². The van der Waals surface area contributed by atoms with Gasteiger partial charge in [-0.1, -0.05) is 19.8 Å². The average molecular weight is 417 g/mol. The Morgan fingerprint density at radius 3 is 2.48 bits per heavy atom. The van der Waals surface area contributed by atoms with Crippen molar-refractivity contribution in [2.75, 3.05) is 34.8 Å². The van der Waals surface area contributed by atoms with Crippen LogP contribution in [0.2, 0.25) is 0 Å². The van der Waals surface area contributed by atoms with Gasteiger partial charge in [0, 0.05) is 37.8 Å². The van der Waals surface area contributed by atoms with Crippen molar-refractivity contribution in [1.29, 1.82) is 0 Å². The minimum atomic E-state index is 0.489. The Balaban J connectivity index is 1.55. The zero-order valence-electron chi connectivity index (χ0n) is 18.0. The zero-order chi connectivity index (χ0) is 20.2. The topological polar surface area (TPSA) is 56.3 Å². The molecule has 0 amide bonds. The van der Waals surface area contributed by atoms with E-state index < -0.39 is 0 Å². The van der Waals surface area contributed by atoms with Gasteiger partial charge < -0.3 is 20.4 Å². The lowest BCUT2D eigenvalue weighted by atomic mass is 10.0. The van der Waals surface area contributed by atoms with Crippen LogP contribution < -0.4 is 20.4 Å². The monoisotopic (exact) mass is 416 g/mol. The first-order valence-electron chi connectivity index (χ1n) is 11.6. The van der Waals surface area contributed by atoms with E-state index in [0.717, 1.165) is 31.3 Å². The van der Waals surface area contributed by atoms with E-state index in [4.69, 9.17) is 22.2 Å². The Hall–Kier alpha value is -1.63. The van der Waals surface area contributed by atoms with Crippen molar-refractivity contribution in [3.8, 4) is 0 Å². The van der Waals surface area contributed by atoms with Crippen molar-refractivity contribution in [3.63, 3.8) is 0 Å². The Morgan fingerprint density at radius 1 is 0.966 bits per heavy atom. The van der Waals surface area contributed by atoms with Crippen LogP contribution in [0, 0.1) is 5.92 Å². The van der Waals surface area contributed by atoms with Gasteiger partial charge in [-0.15, -0.1) is 0 Å². The SMILES string of the molecule is CC1CCCN(c2cc(N3CCCCC3C)nc(NC(=S)NC3CCCC3)n2)C1. The standard InChI is InChI=1S/C22H36N6S/c1-16-8-7-12-27(15-16)19-14-20(28-13-6-5-9-17(28)2)25-21(24-19)26-22(29)23-18-10-3-4-11-18/h14,16-18H,3-13,15H2,1-2H3,(H2,23,24,25,26,29). The first kappa shape index (κ1) is 20.6. The summed E-state index contributed by atoms with van der Waals surface area (Å²) in [6.45, 7) is 7.85. The lowest BCUT2D eigenvalue weighted by molar-refractivity contribution is 0.444. The molecular formula is C22H36N6S. The zero-order valence-corrected chi connectivity index (χ0v) is 18.8. The Labute approximate surface area is 180 Å². The number of rotatable bonds is 4. The van der Waals surface area contributed by atoms with Crippen molar-refractivity contribution in [3.05, 3.63) is 6.07 Å². The number of anilines is 3. The van der Waals surface area contributed by atoms with Crippen molar-refractivity contribution < 1.29 is 0 Å². The van der Waals surface area contributed by atoms with Gasteiger partial charge in [0.1, 0.15) is 11.6 Å². The second-order valence-electron chi connectivity index (χ2n) is 9.22. The number of aromatic nitrogens is 2. The third-order valence-electron chi connectivity index (χ3n) is 6.69. The van der Waals surface area contributed by atoms with Gasteiger partial charge in [0.2, 0.25) is 5.95 Å². The summed E-state index contributed by atoms with van der Waals surface area (Å²) in [4.78, 5) is 14.6. The Morgan fingerprint density at radius 2 is 1.72 bits per heavy atom. The molecule has 6 nitrogen and oxygen atoms in total. The highest BCUT2D eigenvalue weighted by molar-refractivity contribution is 7.80. The Kier molecular flexibility index (Phi) is 6.73. The van der Waals surface area contributed by atoms with Crippen molar-refractivity contribution >= 4 is 34.9 Å². The minimum absolute atomic E-state index is 0.489. The minimum Gasteiger partial charge on any atom is -0.360 e. The van der Waals surface area contributed by atoms with Crippen LogP contribution in [0.15, 0.2) is 6.07 Å². The smallest absolute Gasteiger partial charge is 0.232 e. The summed E-state index contributed by atoms with van der Waals surface area (Å²) in [7, 11) is 0. The van der Waals surface area contributed by atoms with Gasteiger partial charge in [0.15, 0.2) is 5.11 Å². The molecule has 0 bridgehead atoms. The molecule has 1 aliphatic carbocycles. The lowest BCUT2D eigenvalue weighted by Gasteiger charge is -2.36. The molecule has 0 radical (unpaired) electrons. The van der Waals surface area contributed by atoms with Crippen molar-refractivity contribution in [1.82, 2.24) is 15.3 Å². The molecule has 0 spiro atoms. The molecule has 2 atom stereocenters. The fraction of sp³-hybridized carbons (Fsp3) is 0.773. The molecule has 2 N–H and O–H groups in total. The van der Waals surface area contributed by atoms with Crippen LogP contribution in [0.5, 0.6) is 0 Å². The van der Waals surface area contributed by atoms with E-state index in [0.29, 0.717) is 29.1 Å². The van der Waals surface area contributed by atoms with E-state index in [1.54, 1.807) is 0 Å². The first-order valence-corrected chi connectivity index (χ1v) is 12.0. The number of hydrogen-bond acceptors (Lipinski definition) is 5. The van der Waals surface area contributed by atoms with Crippen LogP contribution in [0.25, 0.3) is 0 Å². The molecule has 2 saturated heterocycles. The summed E-state index contributed by atoms with van der Waals surface area (Å²) in [5.74, 6) is 3.40. The third kappa shape index (κ3) is 5.30. The van der Waals surface area contributed by atoms with Crippen molar-refractivity contribution in [2.45, 2.75) is 83.7 Å². The Bertz CT molecular complexity index is 705. The van der Waals surface area contributed by atoms with E-state index in [2.05, 4.69) is 40.3 Å². The summed E-state index contributed by atoms with van der Waals surface area (Å²) in [5.41, 5.74) is 0. The fourth-order valence-corrected chi connectivity index (χ4v) is 5.27.